The molecular weight excluding hydrogens is 212 g/mol. The summed E-state index contributed by atoms with van der Waals surface area (Å²) >= 11 is 0. The number of fused-ring (bicyclic) bond motifs is 1. The molecule has 86 valence electrons. The number of para-hydroxylation sites is 3. The summed E-state index contributed by atoms with van der Waals surface area (Å²) < 4.78 is 10.2. The lowest BCUT2D eigenvalue weighted by Crippen LogP contribution is -1.91. The molecular formula is C15H14O2. The summed E-state index contributed by atoms with van der Waals surface area (Å²) in [6.07, 6.45) is 1.73. The number of ether oxygens (including phenoxy) is 2. The molecule has 0 aromatic heterocycles. The van der Waals surface area contributed by atoms with Crippen molar-refractivity contribution in [2.24, 2.45) is 0 Å². The average Bonchev–Trinajstić information content (AvgIpc) is 3.17. The lowest BCUT2D eigenvalue weighted by atomic mass is 10.3. The zero-order valence-electron chi connectivity index (χ0n) is 9.50. The number of rotatable bonds is 3. The van der Waals surface area contributed by atoms with Crippen molar-refractivity contribution >= 4 is 0 Å². The maximum atomic E-state index is 5.24. The van der Waals surface area contributed by atoms with Crippen LogP contribution in [-0.4, -0.2) is 6.61 Å². The third kappa shape index (κ3) is 3.68. The Balaban J connectivity index is 0.000000134. The van der Waals surface area contributed by atoms with Gasteiger partial charge in [-0.2, -0.15) is 0 Å². The van der Waals surface area contributed by atoms with Crippen molar-refractivity contribution in [1.82, 2.24) is 0 Å². The third-order valence-electron chi connectivity index (χ3n) is 2.14. The van der Waals surface area contributed by atoms with Crippen LogP contribution >= 0.6 is 0 Å². The second kappa shape index (κ2) is 5.75. The fourth-order valence-corrected chi connectivity index (χ4v) is 1.28. The first-order valence-corrected chi connectivity index (χ1v) is 5.46. The second-order valence-corrected chi connectivity index (χ2v) is 3.46. The monoisotopic (exact) mass is 226 g/mol. The maximum Gasteiger partial charge on any atom is 0.170 e. The van der Waals surface area contributed by atoms with Crippen LogP contribution in [-0.2, 0) is 0 Å². The molecule has 2 nitrogen and oxygen atoms in total. The molecule has 0 amide bonds. The molecule has 1 aliphatic heterocycles. The molecule has 3 rings (SSSR count). The molecule has 0 bridgehead atoms. The van der Waals surface area contributed by atoms with Gasteiger partial charge in [-0.3, -0.25) is 0 Å². The highest BCUT2D eigenvalue weighted by atomic mass is 16.6. The highest BCUT2D eigenvalue weighted by molar-refractivity contribution is 5.53. The van der Waals surface area contributed by atoms with Crippen molar-refractivity contribution in [2.75, 3.05) is 6.61 Å². The highest BCUT2D eigenvalue weighted by Crippen LogP contribution is 2.43. The summed E-state index contributed by atoms with van der Waals surface area (Å²) in [6.45, 7) is 4.12. The van der Waals surface area contributed by atoms with Gasteiger partial charge in [-0.1, -0.05) is 43.0 Å². The Bertz CT molecular complexity index is 456. The minimum Gasteiger partial charge on any atom is -0.490 e. The summed E-state index contributed by atoms with van der Waals surface area (Å²) in [6, 6.07) is 17.5. The Kier molecular flexibility index (Phi) is 3.81. The molecule has 0 saturated heterocycles. The van der Waals surface area contributed by atoms with E-state index in [1.807, 2.05) is 54.6 Å². The summed E-state index contributed by atoms with van der Waals surface area (Å²) in [5.41, 5.74) is 0. The van der Waals surface area contributed by atoms with Crippen molar-refractivity contribution in [3.05, 3.63) is 67.3 Å². The van der Waals surface area contributed by atoms with E-state index in [1.165, 1.54) is 0 Å². The van der Waals surface area contributed by atoms with Gasteiger partial charge < -0.3 is 9.47 Å². The van der Waals surface area contributed by atoms with E-state index < -0.39 is 0 Å². The van der Waals surface area contributed by atoms with Gasteiger partial charge in [0.15, 0.2) is 11.5 Å². The summed E-state index contributed by atoms with van der Waals surface area (Å²) in [7, 11) is 0. The molecule has 2 aromatic carbocycles. The van der Waals surface area contributed by atoms with Crippen LogP contribution in [0.5, 0.6) is 17.2 Å². The molecule has 2 aromatic rings. The van der Waals surface area contributed by atoms with Crippen LogP contribution in [0.15, 0.2) is 67.3 Å². The predicted molar refractivity (Wildman–Crippen MR) is 68.7 cm³/mol. The first-order valence-electron chi connectivity index (χ1n) is 5.46. The fraction of sp³-hybridized carbons (Fsp3) is 0.0667. The van der Waals surface area contributed by atoms with Gasteiger partial charge >= 0.3 is 0 Å². The first kappa shape index (κ1) is 11.3. The normalized spacial score (nSPS) is 10.1. The molecule has 0 fully saturated rings. The van der Waals surface area contributed by atoms with Crippen molar-refractivity contribution in [1.29, 1.82) is 0 Å². The van der Waals surface area contributed by atoms with Gasteiger partial charge in [-0.15, -0.1) is 0 Å². The van der Waals surface area contributed by atoms with Crippen molar-refractivity contribution < 1.29 is 9.47 Å². The Morgan fingerprint density at radius 3 is 2.06 bits per heavy atom. The topological polar surface area (TPSA) is 21.8 Å². The van der Waals surface area contributed by atoms with Crippen molar-refractivity contribution in [2.45, 2.75) is 0 Å². The van der Waals surface area contributed by atoms with Crippen LogP contribution in [0.2, 0.25) is 0 Å². The van der Waals surface area contributed by atoms with E-state index in [-0.39, 0.29) is 0 Å². The lowest BCUT2D eigenvalue weighted by Gasteiger charge is -1.99. The van der Waals surface area contributed by atoms with Crippen LogP contribution in [0.3, 0.4) is 0 Å². The molecule has 1 aliphatic rings. The van der Waals surface area contributed by atoms with E-state index >= 15 is 0 Å². The van der Waals surface area contributed by atoms with Gasteiger partial charge in [-0.05, 0) is 24.3 Å². The molecule has 0 N–H and O–H groups in total. The Morgan fingerprint density at radius 1 is 0.941 bits per heavy atom. The standard InChI is InChI=1S/C9H10O.C6H4O/c1-2-8-10-9-6-4-3-5-7-9;1-2-4-6-5(3-1)7-6/h2-7H,1,8H2;1-4H. The minimum atomic E-state index is 0.573. The van der Waals surface area contributed by atoms with E-state index in [2.05, 4.69) is 6.58 Å². The second-order valence-electron chi connectivity index (χ2n) is 3.46. The van der Waals surface area contributed by atoms with Gasteiger partial charge in [0.25, 0.3) is 0 Å². The Morgan fingerprint density at radius 2 is 1.53 bits per heavy atom. The molecule has 2 heteroatoms. The van der Waals surface area contributed by atoms with Gasteiger partial charge in [0, 0.05) is 0 Å². The first-order chi connectivity index (χ1) is 8.40. The zero-order valence-corrected chi connectivity index (χ0v) is 9.50. The molecule has 17 heavy (non-hydrogen) atoms. The molecule has 0 saturated carbocycles. The summed E-state index contributed by atoms with van der Waals surface area (Å²) in [4.78, 5) is 0. The number of benzene rings is 2. The van der Waals surface area contributed by atoms with E-state index in [4.69, 9.17) is 9.47 Å². The van der Waals surface area contributed by atoms with E-state index in [9.17, 15) is 0 Å². The van der Waals surface area contributed by atoms with Gasteiger partial charge in [0.1, 0.15) is 12.4 Å². The smallest absolute Gasteiger partial charge is 0.170 e. The van der Waals surface area contributed by atoms with Crippen LogP contribution in [0.4, 0.5) is 0 Å². The van der Waals surface area contributed by atoms with Crippen LogP contribution in [0, 0.1) is 0 Å². The third-order valence-corrected chi connectivity index (χ3v) is 2.14. The lowest BCUT2D eigenvalue weighted by molar-refractivity contribution is 0.363. The highest BCUT2D eigenvalue weighted by Gasteiger charge is 2.15. The molecule has 0 atom stereocenters. The maximum absolute atomic E-state index is 5.24. The summed E-state index contributed by atoms with van der Waals surface area (Å²) in [5, 5.41) is 0. The van der Waals surface area contributed by atoms with E-state index in [0.29, 0.717) is 6.61 Å². The molecule has 0 aliphatic carbocycles. The van der Waals surface area contributed by atoms with Crippen molar-refractivity contribution in [3.63, 3.8) is 0 Å². The molecule has 1 heterocycles. The van der Waals surface area contributed by atoms with Crippen LogP contribution < -0.4 is 9.47 Å². The number of hydrogen-bond donors (Lipinski definition) is 0. The van der Waals surface area contributed by atoms with Crippen molar-refractivity contribution in [3.8, 4) is 17.2 Å². The van der Waals surface area contributed by atoms with Crippen LogP contribution in [0.25, 0.3) is 0 Å². The molecule has 0 spiro atoms. The van der Waals surface area contributed by atoms with Gasteiger partial charge in [0.2, 0.25) is 0 Å². The average molecular weight is 226 g/mol. The number of hydrogen-bond acceptors (Lipinski definition) is 2. The SMILES string of the molecule is C=CCOc1ccccc1.c1ccc2c(c1)O2. The quantitative estimate of drug-likeness (QED) is 0.496. The zero-order chi connectivity index (χ0) is 11.9. The van der Waals surface area contributed by atoms with Gasteiger partial charge in [0.05, 0.1) is 0 Å². The Labute approximate surface area is 101 Å². The minimum absolute atomic E-state index is 0.573. The van der Waals surface area contributed by atoms with E-state index in [0.717, 1.165) is 17.2 Å². The van der Waals surface area contributed by atoms with E-state index in [1.54, 1.807) is 6.08 Å². The van der Waals surface area contributed by atoms with Gasteiger partial charge in [-0.25, -0.2) is 0 Å². The predicted octanol–water partition coefficient (Wildman–Crippen LogP) is 4.04. The Hall–Kier alpha value is -2.22. The fourth-order valence-electron chi connectivity index (χ4n) is 1.28. The molecule has 0 radical (unpaired) electrons. The van der Waals surface area contributed by atoms with Crippen LogP contribution in [0.1, 0.15) is 0 Å². The largest absolute Gasteiger partial charge is 0.490 e. The molecule has 0 unspecified atom stereocenters. The summed E-state index contributed by atoms with van der Waals surface area (Å²) in [5.74, 6) is 2.95.